The Balaban J connectivity index is 0.00000441. The van der Waals surface area contributed by atoms with Gasteiger partial charge in [-0.05, 0) is 19.8 Å². The second kappa shape index (κ2) is 14.0. The van der Waals surface area contributed by atoms with E-state index < -0.39 is 0 Å². The monoisotopic (exact) mass is 426 g/mol. The van der Waals surface area contributed by atoms with Crippen molar-refractivity contribution < 1.29 is 9.53 Å². The molecule has 0 aliphatic heterocycles. The van der Waals surface area contributed by atoms with E-state index in [1.807, 2.05) is 6.92 Å². The second-order valence-electron chi connectivity index (χ2n) is 5.25. The second-order valence-corrected chi connectivity index (χ2v) is 5.25. The fourth-order valence-corrected chi connectivity index (χ4v) is 2.48. The number of ether oxygens (including phenoxy) is 1. The topological polar surface area (TPSA) is 74.8 Å². The Bertz CT molecular complexity index is 321. The molecule has 7 heteroatoms. The molecule has 3 N–H and O–H groups in total. The maximum absolute atomic E-state index is 12.0. The highest BCUT2D eigenvalue weighted by atomic mass is 127. The van der Waals surface area contributed by atoms with E-state index in [0.717, 1.165) is 32.0 Å². The van der Waals surface area contributed by atoms with Crippen LogP contribution in [0.3, 0.4) is 0 Å². The van der Waals surface area contributed by atoms with Crippen LogP contribution in [0.4, 0.5) is 0 Å². The van der Waals surface area contributed by atoms with E-state index >= 15 is 0 Å². The lowest BCUT2D eigenvalue weighted by molar-refractivity contribution is -0.125. The number of rotatable bonds is 8. The van der Waals surface area contributed by atoms with E-state index in [2.05, 4.69) is 20.9 Å². The summed E-state index contributed by atoms with van der Waals surface area (Å²) in [6.45, 7) is 5.38. The van der Waals surface area contributed by atoms with Crippen LogP contribution < -0.4 is 16.0 Å². The lowest BCUT2D eigenvalue weighted by Crippen LogP contribution is -2.43. The van der Waals surface area contributed by atoms with Gasteiger partial charge in [0.25, 0.3) is 0 Å². The molecule has 6 nitrogen and oxygen atoms in total. The van der Waals surface area contributed by atoms with Gasteiger partial charge in [0.2, 0.25) is 5.91 Å². The molecule has 0 bridgehead atoms. The molecule has 1 fully saturated rings. The van der Waals surface area contributed by atoms with Crippen molar-refractivity contribution in [3.05, 3.63) is 0 Å². The van der Waals surface area contributed by atoms with Crippen LogP contribution in [0, 0.1) is 5.92 Å². The minimum atomic E-state index is 0. The maximum Gasteiger partial charge on any atom is 0.223 e. The molecule has 1 amide bonds. The van der Waals surface area contributed by atoms with Crippen LogP contribution in [-0.2, 0) is 9.53 Å². The number of nitrogens with zero attached hydrogens (tertiary/aromatic N) is 1. The van der Waals surface area contributed by atoms with Crippen LogP contribution in [0.5, 0.6) is 0 Å². The van der Waals surface area contributed by atoms with Crippen LogP contribution >= 0.6 is 24.0 Å². The Kier molecular flexibility index (Phi) is 13.7. The van der Waals surface area contributed by atoms with Crippen molar-refractivity contribution in [1.82, 2.24) is 16.0 Å². The Morgan fingerprint density at radius 3 is 2.36 bits per heavy atom. The van der Waals surface area contributed by atoms with Crippen molar-refractivity contribution in [1.29, 1.82) is 0 Å². The van der Waals surface area contributed by atoms with E-state index in [0.29, 0.717) is 19.7 Å². The van der Waals surface area contributed by atoms with Gasteiger partial charge in [0.05, 0.1) is 6.61 Å². The van der Waals surface area contributed by atoms with Gasteiger partial charge in [-0.15, -0.1) is 24.0 Å². The first-order chi connectivity index (χ1) is 10.3. The predicted octanol–water partition coefficient (Wildman–Crippen LogP) is 1.50. The number of carbonyl (C=O) groups excluding carboxylic acids is 1. The number of hydrogen-bond donors (Lipinski definition) is 3. The smallest absolute Gasteiger partial charge is 0.223 e. The van der Waals surface area contributed by atoms with Gasteiger partial charge in [-0.3, -0.25) is 9.79 Å². The Hall–Kier alpha value is -0.570. The zero-order valence-electron chi connectivity index (χ0n) is 13.8. The Morgan fingerprint density at radius 1 is 1.09 bits per heavy atom. The first kappa shape index (κ1) is 21.4. The van der Waals surface area contributed by atoms with Crippen molar-refractivity contribution in [2.24, 2.45) is 10.9 Å². The molecule has 0 radical (unpaired) electrons. The zero-order chi connectivity index (χ0) is 15.3. The molecule has 0 unspecified atom stereocenters. The number of guanidine groups is 1. The highest BCUT2D eigenvalue weighted by Crippen LogP contribution is 2.23. The maximum atomic E-state index is 12.0. The number of carbonyl (C=O) groups is 1. The molecule has 1 aliphatic carbocycles. The fraction of sp³-hybridized carbons (Fsp3) is 0.867. The molecule has 1 aliphatic rings. The molecule has 1 saturated carbocycles. The molecule has 0 aromatic rings. The van der Waals surface area contributed by atoms with Crippen molar-refractivity contribution in [2.75, 3.05) is 39.9 Å². The van der Waals surface area contributed by atoms with Gasteiger partial charge in [0.15, 0.2) is 5.96 Å². The molecule has 0 heterocycles. The van der Waals surface area contributed by atoms with E-state index in [1.165, 1.54) is 19.3 Å². The summed E-state index contributed by atoms with van der Waals surface area (Å²) in [5.41, 5.74) is 0. The van der Waals surface area contributed by atoms with E-state index in [4.69, 9.17) is 4.74 Å². The summed E-state index contributed by atoms with van der Waals surface area (Å²) in [5.74, 6) is 1.17. The van der Waals surface area contributed by atoms with E-state index in [-0.39, 0.29) is 35.8 Å². The van der Waals surface area contributed by atoms with Crippen LogP contribution in [0.15, 0.2) is 4.99 Å². The number of aliphatic imine (C=N–C) groups is 1. The summed E-state index contributed by atoms with van der Waals surface area (Å²) in [6.07, 6.45) is 5.73. The summed E-state index contributed by atoms with van der Waals surface area (Å²) < 4.78 is 5.25. The Labute approximate surface area is 151 Å². The average Bonchev–Trinajstić information content (AvgIpc) is 2.54. The third-order valence-corrected chi connectivity index (χ3v) is 3.66. The largest absolute Gasteiger partial charge is 0.380 e. The fourth-order valence-electron chi connectivity index (χ4n) is 2.48. The van der Waals surface area contributed by atoms with Crippen LogP contribution in [-0.4, -0.2) is 51.8 Å². The molecule has 0 aromatic carbocycles. The first-order valence-electron chi connectivity index (χ1n) is 8.08. The quantitative estimate of drug-likeness (QED) is 0.238. The van der Waals surface area contributed by atoms with E-state index in [1.54, 1.807) is 7.05 Å². The van der Waals surface area contributed by atoms with Gasteiger partial charge in [0, 0.05) is 39.2 Å². The van der Waals surface area contributed by atoms with Crippen molar-refractivity contribution >= 4 is 35.8 Å². The molecule has 22 heavy (non-hydrogen) atoms. The molecule has 0 spiro atoms. The lowest BCUT2D eigenvalue weighted by Gasteiger charge is -2.21. The summed E-state index contributed by atoms with van der Waals surface area (Å²) in [6, 6.07) is 0. The van der Waals surface area contributed by atoms with Gasteiger partial charge >= 0.3 is 0 Å². The normalized spacial score (nSPS) is 15.8. The van der Waals surface area contributed by atoms with Gasteiger partial charge in [-0.25, -0.2) is 0 Å². The number of amides is 1. The minimum Gasteiger partial charge on any atom is -0.380 e. The third kappa shape index (κ3) is 9.45. The average molecular weight is 426 g/mol. The highest BCUT2D eigenvalue weighted by molar-refractivity contribution is 14.0. The number of nitrogens with one attached hydrogen (secondary N) is 3. The minimum absolute atomic E-state index is 0. The van der Waals surface area contributed by atoms with E-state index in [9.17, 15) is 4.79 Å². The Morgan fingerprint density at radius 2 is 1.73 bits per heavy atom. The molecular formula is C15H31IN4O2. The van der Waals surface area contributed by atoms with Crippen LogP contribution in [0.2, 0.25) is 0 Å². The molecule has 130 valence electrons. The van der Waals surface area contributed by atoms with Gasteiger partial charge in [0.1, 0.15) is 0 Å². The zero-order valence-corrected chi connectivity index (χ0v) is 16.2. The van der Waals surface area contributed by atoms with Crippen molar-refractivity contribution in [3.63, 3.8) is 0 Å². The standard InChI is InChI=1S/C15H30N4O2.HI/c1-3-21-12-11-19-15(16-2)18-10-9-17-14(20)13-7-5-4-6-8-13;/h13H,3-12H2,1-2H3,(H,17,20)(H2,16,18,19);1H. The first-order valence-corrected chi connectivity index (χ1v) is 8.08. The molecule has 0 atom stereocenters. The molecule has 0 aromatic heterocycles. The highest BCUT2D eigenvalue weighted by Gasteiger charge is 2.20. The van der Waals surface area contributed by atoms with Gasteiger partial charge in [-0.1, -0.05) is 19.3 Å². The summed E-state index contributed by atoms with van der Waals surface area (Å²) in [7, 11) is 1.73. The van der Waals surface area contributed by atoms with Crippen LogP contribution in [0.25, 0.3) is 0 Å². The summed E-state index contributed by atoms with van der Waals surface area (Å²) in [4.78, 5) is 16.1. The third-order valence-electron chi connectivity index (χ3n) is 3.66. The molecular weight excluding hydrogens is 395 g/mol. The summed E-state index contributed by atoms with van der Waals surface area (Å²) in [5, 5.41) is 9.33. The van der Waals surface area contributed by atoms with Gasteiger partial charge < -0.3 is 20.7 Å². The van der Waals surface area contributed by atoms with Crippen molar-refractivity contribution in [3.8, 4) is 0 Å². The molecule has 0 saturated heterocycles. The number of halogens is 1. The van der Waals surface area contributed by atoms with Crippen molar-refractivity contribution in [2.45, 2.75) is 39.0 Å². The van der Waals surface area contributed by atoms with Gasteiger partial charge in [-0.2, -0.15) is 0 Å². The number of hydrogen-bond acceptors (Lipinski definition) is 3. The lowest BCUT2D eigenvalue weighted by atomic mass is 9.89. The SMILES string of the molecule is CCOCCNC(=NC)NCCNC(=O)C1CCCCC1.I. The summed E-state index contributed by atoms with van der Waals surface area (Å²) >= 11 is 0. The van der Waals surface area contributed by atoms with Crippen LogP contribution in [0.1, 0.15) is 39.0 Å². The molecule has 1 rings (SSSR count). The predicted molar refractivity (Wildman–Crippen MR) is 101 cm³/mol.